The molecule has 0 spiro atoms. The average Bonchev–Trinajstić information content (AvgIpc) is 2.30. The van der Waals surface area contributed by atoms with Gasteiger partial charge < -0.3 is 11.1 Å². The van der Waals surface area contributed by atoms with Crippen molar-refractivity contribution in [3.63, 3.8) is 0 Å². The largest absolute Gasteiger partial charge is 0.383 e. The SMILES string of the molecule is C[Si](C)(C)CC1Cc2c(N)nc(Br)c(C#N)c2NC1=O. The van der Waals surface area contributed by atoms with Crippen LogP contribution < -0.4 is 11.1 Å². The molecule has 0 saturated carbocycles. The lowest BCUT2D eigenvalue weighted by Gasteiger charge is -2.29. The molecule has 1 aromatic rings. The van der Waals surface area contributed by atoms with E-state index >= 15 is 0 Å². The smallest absolute Gasteiger partial charge is 0.227 e. The van der Waals surface area contributed by atoms with E-state index in [4.69, 9.17) is 5.73 Å². The van der Waals surface area contributed by atoms with Crippen LogP contribution in [0.1, 0.15) is 11.1 Å². The number of carbonyl (C=O) groups excluding carboxylic acids is 1. The highest BCUT2D eigenvalue weighted by Gasteiger charge is 2.33. The number of rotatable bonds is 2. The number of halogens is 1. The van der Waals surface area contributed by atoms with Crippen LogP contribution in [-0.4, -0.2) is 19.0 Å². The number of nitrogens with two attached hydrogens (primary N) is 1. The first-order valence-corrected chi connectivity index (χ1v) is 10.9. The number of pyridine rings is 1. The number of nitrogens with one attached hydrogen (secondary N) is 1. The Morgan fingerprint density at radius 1 is 1.55 bits per heavy atom. The molecule has 106 valence electrons. The molecule has 0 saturated heterocycles. The van der Waals surface area contributed by atoms with Gasteiger partial charge in [-0.25, -0.2) is 4.98 Å². The number of fused-ring (bicyclic) bond motifs is 1. The Hall–Kier alpha value is -1.39. The van der Waals surface area contributed by atoms with Crippen molar-refractivity contribution >= 4 is 41.4 Å². The Morgan fingerprint density at radius 3 is 2.75 bits per heavy atom. The second kappa shape index (κ2) is 5.18. The number of anilines is 2. The molecule has 1 aliphatic rings. The van der Waals surface area contributed by atoms with Crippen LogP contribution in [0.3, 0.4) is 0 Å². The highest BCUT2D eigenvalue weighted by molar-refractivity contribution is 9.10. The lowest BCUT2D eigenvalue weighted by Crippen LogP contribution is -2.36. The van der Waals surface area contributed by atoms with E-state index in [2.05, 4.69) is 51.9 Å². The van der Waals surface area contributed by atoms with E-state index in [1.807, 2.05) is 0 Å². The molecule has 2 rings (SSSR count). The van der Waals surface area contributed by atoms with Crippen LogP contribution >= 0.6 is 15.9 Å². The normalized spacial score (nSPS) is 18.1. The zero-order valence-corrected chi connectivity index (χ0v) is 14.3. The molecule has 3 N–H and O–H groups in total. The molecule has 0 bridgehead atoms. The molecule has 20 heavy (non-hydrogen) atoms. The minimum Gasteiger partial charge on any atom is -0.383 e. The third-order valence-electron chi connectivity index (χ3n) is 3.33. The lowest BCUT2D eigenvalue weighted by atomic mass is 9.93. The van der Waals surface area contributed by atoms with Crippen LogP contribution in [-0.2, 0) is 11.2 Å². The Kier molecular flexibility index (Phi) is 3.89. The van der Waals surface area contributed by atoms with E-state index in [0.717, 1.165) is 11.6 Å². The number of nitrogens with zero attached hydrogens (tertiary/aromatic N) is 2. The third kappa shape index (κ3) is 2.86. The molecule has 7 heteroatoms. The number of carbonyl (C=O) groups is 1. The van der Waals surface area contributed by atoms with Crippen LogP contribution in [0.25, 0.3) is 0 Å². The van der Waals surface area contributed by atoms with Gasteiger partial charge in [0.15, 0.2) is 0 Å². The van der Waals surface area contributed by atoms with Crippen LogP contribution in [0.4, 0.5) is 11.5 Å². The summed E-state index contributed by atoms with van der Waals surface area (Å²) in [4.78, 5) is 16.4. The summed E-state index contributed by atoms with van der Waals surface area (Å²) in [6, 6.07) is 2.96. The van der Waals surface area contributed by atoms with E-state index in [9.17, 15) is 10.1 Å². The van der Waals surface area contributed by atoms with Crippen molar-refractivity contribution in [3.8, 4) is 6.07 Å². The highest BCUT2D eigenvalue weighted by Crippen LogP contribution is 2.37. The predicted molar refractivity (Wildman–Crippen MR) is 85.0 cm³/mol. The Labute approximate surface area is 127 Å². The highest BCUT2D eigenvalue weighted by atomic mass is 79.9. The maximum absolute atomic E-state index is 12.3. The van der Waals surface area contributed by atoms with Crippen LogP contribution in [0.2, 0.25) is 25.7 Å². The molecule has 5 nitrogen and oxygen atoms in total. The zero-order chi connectivity index (χ0) is 15.1. The van der Waals surface area contributed by atoms with Gasteiger partial charge in [0.05, 0.1) is 5.69 Å². The Balaban J connectivity index is 2.45. The van der Waals surface area contributed by atoms with E-state index in [0.29, 0.717) is 28.1 Å². The van der Waals surface area contributed by atoms with E-state index in [-0.39, 0.29) is 11.8 Å². The molecule has 2 heterocycles. The molecule has 1 amide bonds. The number of nitrogen functional groups attached to an aromatic ring is 1. The maximum Gasteiger partial charge on any atom is 0.227 e. The average molecular weight is 353 g/mol. The van der Waals surface area contributed by atoms with Crippen molar-refractivity contribution in [1.82, 2.24) is 4.98 Å². The van der Waals surface area contributed by atoms with Crippen molar-refractivity contribution in [2.75, 3.05) is 11.1 Å². The molecule has 0 radical (unpaired) electrons. The molecule has 1 aromatic heterocycles. The van der Waals surface area contributed by atoms with Gasteiger partial charge in [-0.05, 0) is 28.4 Å². The lowest BCUT2D eigenvalue weighted by molar-refractivity contribution is -0.119. The van der Waals surface area contributed by atoms with E-state index in [1.54, 1.807) is 0 Å². The van der Waals surface area contributed by atoms with Gasteiger partial charge in [-0.1, -0.05) is 19.6 Å². The van der Waals surface area contributed by atoms with E-state index < -0.39 is 8.07 Å². The first-order valence-electron chi connectivity index (χ1n) is 6.41. The number of nitriles is 1. The second-order valence-corrected chi connectivity index (χ2v) is 12.6. The number of aromatic nitrogens is 1. The van der Waals surface area contributed by atoms with Gasteiger partial charge in [0.1, 0.15) is 22.1 Å². The van der Waals surface area contributed by atoms with Gasteiger partial charge in [-0.2, -0.15) is 5.26 Å². The summed E-state index contributed by atoms with van der Waals surface area (Å²) < 4.78 is 0.375. The van der Waals surface area contributed by atoms with Gasteiger partial charge in [-0.3, -0.25) is 4.79 Å². The number of amides is 1. The Bertz CT molecular complexity index is 618. The topological polar surface area (TPSA) is 91.8 Å². The van der Waals surface area contributed by atoms with Crippen molar-refractivity contribution in [1.29, 1.82) is 5.26 Å². The molecule has 1 atom stereocenters. The van der Waals surface area contributed by atoms with Gasteiger partial charge in [0.2, 0.25) is 5.91 Å². The number of hydrogen-bond acceptors (Lipinski definition) is 4. The zero-order valence-electron chi connectivity index (χ0n) is 11.7. The van der Waals surface area contributed by atoms with Gasteiger partial charge in [-0.15, -0.1) is 0 Å². The molecule has 0 fully saturated rings. The van der Waals surface area contributed by atoms with Crippen molar-refractivity contribution in [2.45, 2.75) is 32.1 Å². The summed E-state index contributed by atoms with van der Waals surface area (Å²) in [5, 5.41) is 12.0. The first kappa shape index (κ1) is 15.0. The molecule has 0 aromatic carbocycles. The van der Waals surface area contributed by atoms with Gasteiger partial charge >= 0.3 is 0 Å². The molecular formula is C13H17BrN4OSi. The first-order chi connectivity index (χ1) is 9.23. The summed E-state index contributed by atoms with van der Waals surface area (Å²) in [5.74, 6) is 0.284. The molecular weight excluding hydrogens is 336 g/mol. The van der Waals surface area contributed by atoms with Crippen LogP contribution in [0.15, 0.2) is 4.60 Å². The van der Waals surface area contributed by atoms with Crippen molar-refractivity contribution in [2.24, 2.45) is 5.92 Å². The second-order valence-electron chi connectivity index (χ2n) is 6.28. The quantitative estimate of drug-likeness (QED) is 0.632. The van der Waals surface area contributed by atoms with Gasteiger partial charge in [0, 0.05) is 19.6 Å². The predicted octanol–water partition coefficient (Wildman–Crippen LogP) is 2.75. The number of hydrogen-bond donors (Lipinski definition) is 2. The minimum atomic E-state index is -1.35. The molecule has 1 aliphatic heterocycles. The fraction of sp³-hybridized carbons (Fsp3) is 0.462. The standard InChI is InChI=1S/C13H17BrN4OSi/c1-20(2,3)6-7-4-8-10(17-13(7)19)9(5-15)11(14)18-12(8)16/h7H,4,6H2,1-3H3,(H2,16,18)(H,17,19). The minimum absolute atomic E-state index is 0.0195. The molecule has 1 unspecified atom stereocenters. The Morgan fingerprint density at radius 2 is 2.20 bits per heavy atom. The summed E-state index contributed by atoms with van der Waals surface area (Å²) in [6.07, 6.45) is 0.562. The summed E-state index contributed by atoms with van der Waals surface area (Å²) in [5.41, 5.74) is 7.59. The monoisotopic (exact) mass is 352 g/mol. The summed E-state index contributed by atoms with van der Waals surface area (Å²) >= 11 is 3.21. The van der Waals surface area contributed by atoms with E-state index in [1.165, 1.54) is 0 Å². The molecule has 0 aliphatic carbocycles. The summed E-state index contributed by atoms with van der Waals surface area (Å²) in [6.45, 7) is 6.71. The fourth-order valence-electron chi connectivity index (χ4n) is 2.53. The van der Waals surface area contributed by atoms with Gasteiger partial charge in [0.25, 0.3) is 0 Å². The van der Waals surface area contributed by atoms with Crippen molar-refractivity contribution < 1.29 is 4.79 Å². The van der Waals surface area contributed by atoms with Crippen molar-refractivity contribution in [3.05, 3.63) is 15.7 Å². The van der Waals surface area contributed by atoms with Crippen LogP contribution in [0.5, 0.6) is 0 Å². The fourth-order valence-corrected chi connectivity index (χ4v) is 4.81. The maximum atomic E-state index is 12.3. The third-order valence-corrected chi connectivity index (χ3v) is 5.62. The van der Waals surface area contributed by atoms with Crippen LogP contribution in [0, 0.1) is 17.2 Å². The summed E-state index contributed by atoms with van der Waals surface area (Å²) in [7, 11) is -1.35.